The fourth-order valence-electron chi connectivity index (χ4n) is 1.79. The second-order valence-corrected chi connectivity index (χ2v) is 5.29. The lowest BCUT2D eigenvalue weighted by Crippen LogP contribution is -2.06. The van der Waals surface area contributed by atoms with Gasteiger partial charge in [-0.1, -0.05) is 6.07 Å². The summed E-state index contributed by atoms with van der Waals surface area (Å²) in [6.07, 6.45) is 1.05. The van der Waals surface area contributed by atoms with Crippen LogP contribution in [0.5, 0.6) is 0 Å². The Balaban J connectivity index is 1.94. The van der Waals surface area contributed by atoms with Crippen LogP contribution in [0.3, 0.4) is 0 Å². The van der Waals surface area contributed by atoms with Gasteiger partial charge in [0.1, 0.15) is 0 Å². The molecule has 0 spiro atoms. The second kappa shape index (κ2) is 5.23. The summed E-state index contributed by atoms with van der Waals surface area (Å²) in [5.41, 5.74) is 10.4. The van der Waals surface area contributed by atoms with Gasteiger partial charge in [0.25, 0.3) is 0 Å². The van der Waals surface area contributed by atoms with E-state index in [0.717, 1.165) is 24.3 Å². The van der Waals surface area contributed by atoms with Crippen molar-refractivity contribution in [2.24, 2.45) is 0 Å². The Morgan fingerprint density at radius 3 is 2.76 bits per heavy atom. The van der Waals surface area contributed by atoms with Gasteiger partial charge in [-0.2, -0.15) is 0 Å². The molecule has 2 aromatic rings. The van der Waals surface area contributed by atoms with Gasteiger partial charge in [0.2, 0.25) is 0 Å². The molecule has 0 saturated carbocycles. The Morgan fingerprint density at radius 2 is 2.06 bits per heavy atom. The van der Waals surface area contributed by atoms with E-state index in [-0.39, 0.29) is 0 Å². The van der Waals surface area contributed by atoms with E-state index in [0.29, 0.717) is 0 Å². The molecule has 1 aromatic carbocycles. The minimum atomic E-state index is 0.818. The van der Waals surface area contributed by atoms with Crippen LogP contribution in [0, 0.1) is 13.8 Å². The third-order valence-electron chi connectivity index (χ3n) is 2.84. The maximum absolute atomic E-state index is 5.92. The van der Waals surface area contributed by atoms with Crippen LogP contribution in [0.4, 0.5) is 11.4 Å². The molecule has 1 heterocycles. The Hall–Kier alpha value is -1.48. The lowest BCUT2D eigenvalue weighted by Gasteiger charge is -2.09. The van der Waals surface area contributed by atoms with Gasteiger partial charge in [0.05, 0.1) is 11.4 Å². The molecule has 2 nitrogen and oxygen atoms in total. The molecule has 17 heavy (non-hydrogen) atoms. The molecule has 0 aliphatic heterocycles. The van der Waals surface area contributed by atoms with E-state index in [1.54, 1.807) is 0 Å². The van der Waals surface area contributed by atoms with Crippen molar-refractivity contribution in [1.82, 2.24) is 0 Å². The van der Waals surface area contributed by atoms with E-state index in [1.807, 2.05) is 23.5 Å². The molecule has 0 unspecified atom stereocenters. The molecule has 3 heteroatoms. The van der Waals surface area contributed by atoms with E-state index in [1.165, 1.54) is 16.0 Å². The Morgan fingerprint density at radius 1 is 1.24 bits per heavy atom. The third kappa shape index (κ3) is 3.01. The predicted molar refractivity (Wildman–Crippen MR) is 76.8 cm³/mol. The van der Waals surface area contributed by atoms with Crippen molar-refractivity contribution in [2.45, 2.75) is 20.3 Å². The summed E-state index contributed by atoms with van der Waals surface area (Å²) in [6.45, 7) is 5.16. The fraction of sp³-hybridized carbons (Fsp3) is 0.286. The van der Waals surface area contributed by atoms with Crippen LogP contribution in [-0.4, -0.2) is 6.54 Å². The number of nitrogens with two attached hydrogens (primary N) is 1. The first-order valence-electron chi connectivity index (χ1n) is 5.80. The molecule has 0 radical (unpaired) electrons. The molecule has 0 aliphatic rings. The predicted octanol–water partition coefficient (Wildman–Crippen LogP) is 3.60. The largest absolute Gasteiger partial charge is 0.397 e. The Kier molecular flexibility index (Phi) is 3.69. The fourth-order valence-corrected chi connectivity index (χ4v) is 2.70. The molecule has 0 amide bonds. The lowest BCUT2D eigenvalue weighted by atomic mass is 10.2. The van der Waals surface area contributed by atoms with Crippen molar-refractivity contribution < 1.29 is 0 Å². The standard InChI is InChI=1S/C14H18N2S/c1-10-3-4-12(15)13(9-10)16-7-5-14-11(2)6-8-17-14/h3-4,6,8-9,16H,5,7,15H2,1-2H3. The van der Waals surface area contributed by atoms with Gasteiger partial charge in [-0.15, -0.1) is 11.3 Å². The first-order valence-corrected chi connectivity index (χ1v) is 6.68. The van der Waals surface area contributed by atoms with Crippen LogP contribution in [0.25, 0.3) is 0 Å². The van der Waals surface area contributed by atoms with Crippen LogP contribution < -0.4 is 11.1 Å². The van der Waals surface area contributed by atoms with Crippen LogP contribution in [0.15, 0.2) is 29.6 Å². The normalized spacial score (nSPS) is 10.5. The topological polar surface area (TPSA) is 38.0 Å². The number of aryl methyl sites for hydroxylation is 2. The van der Waals surface area contributed by atoms with E-state index < -0.39 is 0 Å². The molecule has 0 fully saturated rings. The summed E-state index contributed by atoms with van der Waals surface area (Å²) in [4.78, 5) is 1.45. The maximum atomic E-state index is 5.92. The van der Waals surface area contributed by atoms with Crippen LogP contribution >= 0.6 is 11.3 Å². The van der Waals surface area contributed by atoms with E-state index >= 15 is 0 Å². The summed E-state index contributed by atoms with van der Waals surface area (Å²) in [7, 11) is 0. The van der Waals surface area contributed by atoms with E-state index in [9.17, 15) is 0 Å². The molecule has 0 aliphatic carbocycles. The monoisotopic (exact) mass is 246 g/mol. The molecule has 1 aromatic heterocycles. The van der Waals surface area contributed by atoms with E-state index in [4.69, 9.17) is 5.73 Å². The van der Waals surface area contributed by atoms with Crippen molar-refractivity contribution in [3.8, 4) is 0 Å². The molecule has 90 valence electrons. The Bertz CT molecular complexity index is 503. The molecule has 2 rings (SSSR count). The van der Waals surface area contributed by atoms with Crippen molar-refractivity contribution in [3.05, 3.63) is 45.6 Å². The summed E-state index contributed by atoms with van der Waals surface area (Å²) in [5.74, 6) is 0. The minimum Gasteiger partial charge on any atom is -0.397 e. The average Bonchev–Trinajstić information content (AvgIpc) is 2.70. The first kappa shape index (κ1) is 12.0. The molecular weight excluding hydrogens is 228 g/mol. The summed E-state index contributed by atoms with van der Waals surface area (Å²) >= 11 is 1.82. The number of thiophene rings is 1. The van der Waals surface area contributed by atoms with Crippen LogP contribution in [0.2, 0.25) is 0 Å². The molecule has 0 saturated heterocycles. The molecular formula is C14H18N2S. The SMILES string of the molecule is Cc1ccc(N)c(NCCc2sccc2C)c1. The highest BCUT2D eigenvalue weighted by Crippen LogP contribution is 2.20. The van der Waals surface area contributed by atoms with Crippen molar-refractivity contribution in [3.63, 3.8) is 0 Å². The van der Waals surface area contributed by atoms with Crippen molar-refractivity contribution in [2.75, 3.05) is 17.6 Å². The van der Waals surface area contributed by atoms with Gasteiger partial charge < -0.3 is 11.1 Å². The number of benzene rings is 1. The average molecular weight is 246 g/mol. The molecule has 0 atom stereocenters. The zero-order chi connectivity index (χ0) is 12.3. The molecule has 3 N–H and O–H groups in total. The van der Waals surface area contributed by atoms with Gasteiger partial charge in [0, 0.05) is 11.4 Å². The highest BCUT2D eigenvalue weighted by atomic mass is 32.1. The zero-order valence-corrected chi connectivity index (χ0v) is 11.1. The summed E-state index contributed by atoms with van der Waals surface area (Å²) in [6, 6.07) is 8.25. The highest BCUT2D eigenvalue weighted by molar-refractivity contribution is 7.10. The smallest absolute Gasteiger partial charge is 0.0576 e. The van der Waals surface area contributed by atoms with Gasteiger partial charge in [-0.05, 0) is 55.0 Å². The van der Waals surface area contributed by atoms with Gasteiger partial charge >= 0.3 is 0 Å². The van der Waals surface area contributed by atoms with Gasteiger partial charge in [-0.3, -0.25) is 0 Å². The number of hydrogen-bond donors (Lipinski definition) is 2. The number of hydrogen-bond acceptors (Lipinski definition) is 3. The summed E-state index contributed by atoms with van der Waals surface area (Å²) < 4.78 is 0. The van der Waals surface area contributed by atoms with Crippen LogP contribution in [-0.2, 0) is 6.42 Å². The third-order valence-corrected chi connectivity index (χ3v) is 3.93. The van der Waals surface area contributed by atoms with E-state index in [2.05, 4.69) is 36.7 Å². The quantitative estimate of drug-likeness (QED) is 0.809. The Labute approximate surface area is 106 Å². The van der Waals surface area contributed by atoms with Crippen LogP contribution in [0.1, 0.15) is 16.0 Å². The van der Waals surface area contributed by atoms with Gasteiger partial charge in [0.15, 0.2) is 0 Å². The summed E-state index contributed by atoms with van der Waals surface area (Å²) in [5, 5.41) is 5.55. The number of nitrogen functional groups attached to an aromatic ring is 1. The van der Waals surface area contributed by atoms with Crippen molar-refractivity contribution in [1.29, 1.82) is 0 Å². The number of anilines is 2. The van der Waals surface area contributed by atoms with Crippen molar-refractivity contribution >= 4 is 22.7 Å². The highest BCUT2D eigenvalue weighted by Gasteiger charge is 2.01. The molecule has 0 bridgehead atoms. The number of rotatable bonds is 4. The second-order valence-electron chi connectivity index (χ2n) is 4.29. The minimum absolute atomic E-state index is 0.818. The number of nitrogens with one attached hydrogen (secondary N) is 1. The zero-order valence-electron chi connectivity index (χ0n) is 10.3. The van der Waals surface area contributed by atoms with Gasteiger partial charge in [-0.25, -0.2) is 0 Å². The first-order chi connectivity index (χ1) is 8.16. The maximum Gasteiger partial charge on any atom is 0.0576 e. The lowest BCUT2D eigenvalue weighted by molar-refractivity contribution is 1.03.